The predicted molar refractivity (Wildman–Crippen MR) is 54.1 cm³/mol. The molecule has 1 atom stereocenters. The Labute approximate surface area is 82.0 Å². The molecule has 0 aliphatic rings. The van der Waals surface area contributed by atoms with E-state index in [1.54, 1.807) is 11.3 Å². The number of anilines is 1. The van der Waals surface area contributed by atoms with Crippen molar-refractivity contribution < 1.29 is 5.11 Å². The number of nitrogens with zero attached hydrogens (tertiary/aromatic N) is 2. The van der Waals surface area contributed by atoms with Gasteiger partial charge in [-0.15, -0.1) is 10.2 Å². The van der Waals surface area contributed by atoms with Crippen LogP contribution in [0.1, 0.15) is 24.8 Å². The van der Waals surface area contributed by atoms with E-state index in [4.69, 9.17) is 5.11 Å². The van der Waals surface area contributed by atoms with Gasteiger partial charge in [0.1, 0.15) is 5.01 Å². The van der Waals surface area contributed by atoms with E-state index in [1.807, 2.05) is 6.92 Å². The molecule has 0 spiro atoms. The van der Waals surface area contributed by atoms with Gasteiger partial charge in [-0.1, -0.05) is 11.3 Å². The predicted octanol–water partition coefficient (Wildman–Crippen LogP) is 1.42. The molecule has 0 saturated carbocycles. The van der Waals surface area contributed by atoms with Crippen LogP contribution in [0.25, 0.3) is 0 Å². The van der Waals surface area contributed by atoms with Gasteiger partial charge in [0.2, 0.25) is 5.13 Å². The van der Waals surface area contributed by atoms with Crippen molar-refractivity contribution in [3.63, 3.8) is 0 Å². The lowest BCUT2D eigenvalue weighted by molar-refractivity contribution is 0.282. The van der Waals surface area contributed by atoms with Crippen molar-refractivity contribution in [2.24, 2.45) is 0 Å². The number of nitrogens with one attached hydrogen (secondary N) is 1. The van der Waals surface area contributed by atoms with E-state index in [0.29, 0.717) is 6.04 Å². The standard InChI is InChI=1S/C8H15N3OS/c1-6(4-3-5-12)9-8-11-10-7(2)13-8/h6,12H,3-5H2,1-2H3,(H,9,11). The summed E-state index contributed by atoms with van der Waals surface area (Å²) in [5.74, 6) is 0. The monoisotopic (exact) mass is 201 g/mol. The van der Waals surface area contributed by atoms with Crippen molar-refractivity contribution in [1.29, 1.82) is 0 Å². The van der Waals surface area contributed by atoms with Crippen molar-refractivity contribution in [2.45, 2.75) is 32.7 Å². The third kappa shape index (κ3) is 3.69. The van der Waals surface area contributed by atoms with Crippen LogP contribution in [-0.2, 0) is 0 Å². The van der Waals surface area contributed by atoms with E-state index in [1.165, 1.54) is 0 Å². The Morgan fingerprint density at radius 2 is 2.31 bits per heavy atom. The molecule has 2 N–H and O–H groups in total. The summed E-state index contributed by atoms with van der Waals surface area (Å²) in [6, 6.07) is 0.347. The number of rotatable bonds is 5. The van der Waals surface area contributed by atoms with Crippen LogP contribution in [0.5, 0.6) is 0 Å². The summed E-state index contributed by atoms with van der Waals surface area (Å²) >= 11 is 1.55. The van der Waals surface area contributed by atoms with Crippen LogP contribution in [0.2, 0.25) is 0 Å². The van der Waals surface area contributed by atoms with E-state index in [0.717, 1.165) is 23.0 Å². The van der Waals surface area contributed by atoms with E-state index < -0.39 is 0 Å². The number of aliphatic hydroxyl groups excluding tert-OH is 1. The highest BCUT2D eigenvalue weighted by Crippen LogP contribution is 2.15. The van der Waals surface area contributed by atoms with Gasteiger partial charge in [0.25, 0.3) is 0 Å². The Hall–Kier alpha value is -0.680. The molecule has 1 aromatic heterocycles. The molecule has 0 aliphatic carbocycles. The highest BCUT2D eigenvalue weighted by molar-refractivity contribution is 7.15. The van der Waals surface area contributed by atoms with Crippen molar-refractivity contribution in [3.05, 3.63) is 5.01 Å². The first-order valence-electron chi connectivity index (χ1n) is 4.40. The number of hydrogen-bond acceptors (Lipinski definition) is 5. The van der Waals surface area contributed by atoms with Gasteiger partial charge in [-0.25, -0.2) is 0 Å². The zero-order valence-electron chi connectivity index (χ0n) is 7.95. The molecular weight excluding hydrogens is 186 g/mol. The topological polar surface area (TPSA) is 58.0 Å². The second-order valence-electron chi connectivity index (χ2n) is 3.04. The zero-order chi connectivity index (χ0) is 9.68. The summed E-state index contributed by atoms with van der Waals surface area (Å²) in [6.45, 7) is 4.26. The minimum atomic E-state index is 0.251. The van der Waals surface area contributed by atoms with E-state index >= 15 is 0 Å². The molecule has 4 nitrogen and oxygen atoms in total. The molecule has 0 amide bonds. The van der Waals surface area contributed by atoms with Gasteiger partial charge < -0.3 is 10.4 Å². The Bertz CT molecular complexity index is 251. The molecule has 74 valence electrons. The summed E-state index contributed by atoms with van der Waals surface area (Å²) in [6.07, 6.45) is 1.78. The molecule has 1 heterocycles. The normalized spacial score (nSPS) is 12.8. The Morgan fingerprint density at radius 3 is 2.85 bits per heavy atom. The van der Waals surface area contributed by atoms with Crippen LogP contribution in [0.4, 0.5) is 5.13 Å². The maximum Gasteiger partial charge on any atom is 0.205 e. The number of aliphatic hydroxyl groups is 1. The smallest absolute Gasteiger partial charge is 0.205 e. The van der Waals surface area contributed by atoms with Crippen LogP contribution in [0.15, 0.2) is 0 Å². The van der Waals surface area contributed by atoms with Crippen molar-refractivity contribution in [3.8, 4) is 0 Å². The maximum atomic E-state index is 8.63. The van der Waals surface area contributed by atoms with E-state index in [9.17, 15) is 0 Å². The fourth-order valence-corrected chi connectivity index (χ4v) is 1.74. The van der Waals surface area contributed by atoms with Crippen LogP contribution < -0.4 is 5.32 Å². The minimum absolute atomic E-state index is 0.251. The minimum Gasteiger partial charge on any atom is -0.396 e. The van der Waals surface area contributed by atoms with Gasteiger partial charge >= 0.3 is 0 Å². The third-order valence-electron chi connectivity index (χ3n) is 1.69. The van der Waals surface area contributed by atoms with Crippen molar-refractivity contribution in [1.82, 2.24) is 10.2 Å². The summed E-state index contributed by atoms with van der Waals surface area (Å²) in [7, 11) is 0. The quantitative estimate of drug-likeness (QED) is 0.756. The molecule has 0 bridgehead atoms. The van der Waals surface area contributed by atoms with Gasteiger partial charge in [-0.2, -0.15) is 0 Å². The van der Waals surface area contributed by atoms with Gasteiger partial charge in [0, 0.05) is 12.6 Å². The molecule has 0 fully saturated rings. The Morgan fingerprint density at radius 1 is 1.54 bits per heavy atom. The average molecular weight is 201 g/mol. The summed E-state index contributed by atoms with van der Waals surface area (Å²) in [5.41, 5.74) is 0. The lowest BCUT2D eigenvalue weighted by Crippen LogP contribution is -2.15. The van der Waals surface area contributed by atoms with Gasteiger partial charge in [0.15, 0.2) is 0 Å². The molecule has 0 radical (unpaired) electrons. The summed E-state index contributed by atoms with van der Waals surface area (Å²) in [4.78, 5) is 0. The second kappa shape index (κ2) is 5.14. The summed E-state index contributed by atoms with van der Waals surface area (Å²) < 4.78 is 0. The van der Waals surface area contributed by atoms with Crippen LogP contribution in [0, 0.1) is 6.92 Å². The lowest BCUT2D eigenvalue weighted by Gasteiger charge is -2.10. The molecule has 0 aliphatic heterocycles. The van der Waals surface area contributed by atoms with Crippen molar-refractivity contribution >= 4 is 16.5 Å². The second-order valence-corrected chi connectivity index (χ2v) is 4.22. The average Bonchev–Trinajstić information content (AvgIpc) is 2.48. The molecule has 1 unspecified atom stereocenters. The van der Waals surface area contributed by atoms with Crippen LogP contribution in [0.3, 0.4) is 0 Å². The Balaban J connectivity index is 2.31. The van der Waals surface area contributed by atoms with E-state index in [2.05, 4.69) is 22.4 Å². The summed E-state index contributed by atoms with van der Waals surface area (Å²) in [5, 5.41) is 21.6. The highest BCUT2D eigenvalue weighted by atomic mass is 32.1. The number of hydrogen-bond donors (Lipinski definition) is 2. The molecule has 13 heavy (non-hydrogen) atoms. The molecular formula is C8H15N3OS. The molecule has 1 rings (SSSR count). The largest absolute Gasteiger partial charge is 0.396 e. The fraction of sp³-hybridized carbons (Fsp3) is 0.750. The molecule has 5 heteroatoms. The first kappa shape index (κ1) is 10.4. The van der Waals surface area contributed by atoms with Gasteiger partial charge in [0.05, 0.1) is 0 Å². The fourth-order valence-electron chi connectivity index (χ4n) is 1.04. The SMILES string of the molecule is Cc1nnc(NC(C)CCCO)s1. The van der Waals surface area contributed by atoms with Gasteiger partial charge in [-0.05, 0) is 26.7 Å². The first-order chi connectivity index (χ1) is 6.22. The van der Waals surface area contributed by atoms with Gasteiger partial charge in [-0.3, -0.25) is 0 Å². The third-order valence-corrected chi connectivity index (χ3v) is 2.46. The molecule has 0 aromatic carbocycles. The van der Waals surface area contributed by atoms with Crippen molar-refractivity contribution in [2.75, 3.05) is 11.9 Å². The lowest BCUT2D eigenvalue weighted by atomic mass is 10.2. The zero-order valence-corrected chi connectivity index (χ0v) is 8.77. The number of aryl methyl sites for hydroxylation is 1. The Kier molecular flexibility index (Phi) is 4.11. The molecule has 1 aromatic rings. The maximum absolute atomic E-state index is 8.63. The number of aromatic nitrogens is 2. The van der Waals surface area contributed by atoms with Crippen LogP contribution >= 0.6 is 11.3 Å². The molecule has 0 saturated heterocycles. The first-order valence-corrected chi connectivity index (χ1v) is 5.21. The van der Waals surface area contributed by atoms with Crippen LogP contribution in [-0.4, -0.2) is 28.0 Å². The highest BCUT2D eigenvalue weighted by Gasteiger charge is 2.04. The van der Waals surface area contributed by atoms with E-state index in [-0.39, 0.29) is 6.61 Å².